The molecule has 4 aromatic rings. The van der Waals surface area contributed by atoms with Crippen molar-refractivity contribution in [2.45, 2.75) is 31.3 Å². The van der Waals surface area contributed by atoms with Crippen LogP contribution in [0, 0.1) is 29.5 Å². The van der Waals surface area contributed by atoms with Gasteiger partial charge in [-0.05, 0) is 37.9 Å². The second-order valence-corrected chi connectivity index (χ2v) is 11.3. The number of pyridine rings is 1. The van der Waals surface area contributed by atoms with E-state index in [2.05, 4.69) is 33.4 Å². The van der Waals surface area contributed by atoms with Gasteiger partial charge in [0.25, 0.3) is 5.91 Å². The van der Waals surface area contributed by atoms with Gasteiger partial charge in [-0.1, -0.05) is 42.8 Å². The second-order valence-electron chi connectivity index (χ2n) is 11.3. The smallest absolute Gasteiger partial charge is 0.319 e. The lowest BCUT2D eigenvalue weighted by molar-refractivity contribution is -0.131. The molecule has 0 N–H and O–H groups in total. The van der Waals surface area contributed by atoms with Gasteiger partial charge in [-0.25, -0.2) is 8.78 Å². The van der Waals surface area contributed by atoms with E-state index < -0.39 is 23.6 Å². The number of rotatable bonds is 7. The minimum absolute atomic E-state index is 0.00330. The first-order valence-electron chi connectivity index (χ1n) is 14.8. The summed E-state index contributed by atoms with van der Waals surface area (Å²) in [7, 11) is 2.03. The summed E-state index contributed by atoms with van der Waals surface area (Å²) in [6.07, 6.45) is 9.31. The lowest BCUT2D eigenvalue weighted by atomic mass is 9.97. The SMILES string of the molecule is C#Cc1cccc2cccc(-c3ncc4c(N5CCN(C(=O)C(=C)F)C(CC#N)C5)nc(OCC5CCCN5C)nc4c3F)c12. The zero-order chi connectivity index (χ0) is 31.7. The van der Waals surface area contributed by atoms with Gasteiger partial charge in [-0.2, -0.15) is 15.2 Å². The number of likely N-dealkylation sites (tertiary alicyclic amines) is 1. The Hall–Kier alpha value is -5.13. The maximum absolute atomic E-state index is 16.7. The minimum Gasteiger partial charge on any atom is -0.462 e. The molecular weight excluding hydrogens is 576 g/mol. The van der Waals surface area contributed by atoms with Crippen molar-refractivity contribution >= 4 is 33.4 Å². The summed E-state index contributed by atoms with van der Waals surface area (Å²) in [5.41, 5.74) is 1.25. The molecule has 1 amide bonds. The molecule has 0 radical (unpaired) electrons. The Morgan fingerprint density at radius 2 is 1.98 bits per heavy atom. The molecule has 2 fully saturated rings. The molecule has 9 nitrogen and oxygen atoms in total. The molecule has 2 aliphatic rings. The Kier molecular flexibility index (Phi) is 8.29. The number of terminal acetylenes is 1. The zero-order valence-corrected chi connectivity index (χ0v) is 24.8. The van der Waals surface area contributed by atoms with Crippen LogP contribution >= 0.6 is 0 Å². The highest BCUT2D eigenvalue weighted by Gasteiger charge is 2.34. The van der Waals surface area contributed by atoms with Gasteiger partial charge in [-0.3, -0.25) is 9.78 Å². The molecule has 4 heterocycles. The fourth-order valence-corrected chi connectivity index (χ4v) is 6.29. The summed E-state index contributed by atoms with van der Waals surface area (Å²) in [5, 5.41) is 11.4. The highest BCUT2D eigenvalue weighted by molar-refractivity contribution is 6.02. The summed E-state index contributed by atoms with van der Waals surface area (Å²) in [5.74, 6) is 0.438. The highest BCUT2D eigenvalue weighted by atomic mass is 19.1. The molecule has 2 aromatic heterocycles. The molecule has 45 heavy (non-hydrogen) atoms. The third-order valence-corrected chi connectivity index (χ3v) is 8.64. The molecule has 2 atom stereocenters. The summed E-state index contributed by atoms with van der Waals surface area (Å²) < 4.78 is 36.6. The predicted molar refractivity (Wildman–Crippen MR) is 168 cm³/mol. The predicted octanol–water partition coefficient (Wildman–Crippen LogP) is 4.85. The molecule has 228 valence electrons. The maximum Gasteiger partial charge on any atom is 0.319 e. The highest BCUT2D eigenvalue weighted by Crippen LogP contribution is 2.36. The van der Waals surface area contributed by atoms with E-state index in [0.717, 1.165) is 24.8 Å². The monoisotopic (exact) mass is 607 g/mol. The Morgan fingerprint density at radius 1 is 1.18 bits per heavy atom. The molecule has 0 saturated carbocycles. The van der Waals surface area contributed by atoms with Crippen molar-refractivity contribution < 1.29 is 18.3 Å². The van der Waals surface area contributed by atoms with E-state index in [4.69, 9.17) is 16.1 Å². The quantitative estimate of drug-likeness (QED) is 0.217. The summed E-state index contributed by atoms with van der Waals surface area (Å²) in [4.78, 5) is 31.6. The Morgan fingerprint density at radius 3 is 2.69 bits per heavy atom. The van der Waals surface area contributed by atoms with Crippen LogP contribution < -0.4 is 9.64 Å². The van der Waals surface area contributed by atoms with E-state index >= 15 is 4.39 Å². The van der Waals surface area contributed by atoms with Crippen LogP contribution in [0.1, 0.15) is 24.8 Å². The van der Waals surface area contributed by atoms with Crippen LogP contribution in [0.2, 0.25) is 0 Å². The summed E-state index contributed by atoms with van der Waals surface area (Å²) >= 11 is 0. The molecular formula is C34H31F2N7O2. The molecule has 0 spiro atoms. The van der Waals surface area contributed by atoms with E-state index in [9.17, 15) is 14.4 Å². The molecule has 2 aromatic carbocycles. The van der Waals surface area contributed by atoms with Crippen molar-refractivity contribution in [3.63, 3.8) is 0 Å². The van der Waals surface area contributed by atoms with Gasteiger partial charge in [0.2, 0.25) is 0 Å². The summed E-state index contributed by atoms with van der Waals surface area (Å²) in [6, 6.07) is 12.7. The number of hydrogen-bond acceptors (Lipinski definition) is 8. The van der Waals surface area contributed by atoms with Gasteiger partial charge < -0.3 is 19.4 Å². The fourth-order valence-electron chi connectivity index (χ4n) is 6.29. The molecule has 6 rings (SSSR count). The number of amides is 1. The lowest BCUT2D eigenvalue weighted by Gasteiger charge is -2.41. The number of carbonyl (C=O) groups excluding carboxylic acids is 1. The first kappa shape index (κ1) is 29.9. The minimum atomic E-state index is -1.09. The average molecular weight is 608 g/mol. The number of nitriles is 1. The van der Waals surface area contributed by atoms with E-state index in [0.29, 0.717) is 34.3 Å². The van der Waals surface area contributed by atoms with Crippen molar-refractivity contribution in [3.05, 3.63) is 66.4 Å². The van der Waals surface area contributed by atoms with Gasteiger partial charge in [-0.15, -0.1) is 6.42 Å². The van der Waals surface area contributed by atoms with Crippen molar-refractivity contribution in [2.24, 2.45) is 0 Å². The number of benzene rings is 2. The largest absolute Gasteiger partial charge is 0.462 e. The van der Waals surface area contributed by atoms with Crippen molar-refractivity contribution in [2.75, 3.05) is 44.7 Å². The number of likely N-dealkylation sites (N-methyl/N-ethyl adjacent to an activating group) is 1. The fraction of sp³-hybridized carbons (Fsp3) is 0.324. The van der Waals surface area contributed by atoms with Crippen LogP contribution in [-0.2, 0) is 4.79 Å². The maximum atomic E-state index is 16.7. The molecule has 0 bridgehead atoms. The number of fused-ring (bicyclic) bond motifs is 2. The van der Waals surface area contributed by atoms with E-state index in [-0.39, 0.29) is 49.3 Å². The topological polar surface area (TPSA) is 98.5 Å². The van der Waals surface area contributed by atoms with Crippen molar-refractivity contribution in [3.8, 4) is 35.7 Å². The van der Waals surface area contributed by atoms with Crippen LogP contribution in [0.15, 0.2) is 55.0 Å². The third kappa shape index (κ3) is 5.63. The normalized spacial score (nSPS) is 18.6. The van der Waals surface area contributed by atoms with Crippen LogP contribution in [-0.4, -0.2) is 82.6 Å². The Balaban J connectivity index is 1.47. The number of carbonyl (C=O) groups is 1. The van der Waals surface area contributed by atoms with Crippen molar-refractivity contribution in [1.29, 1.82) is 5.26 Å². The van der Waals surface area contributed by atoms with Gasteiger partial charge in [0.1, 0.15) is 23.6 Å². The lowest BCUT2D eigenvalue weighted by Crippen LogP contribution is -2.55. The van der Waals surface area contributed by atoms with Crippen LogP contribution in [0.25, 0.3) is 32.9 Å². The molecule has 11 heteroatoms. The molecule has 2 aliphatic heterocycles. The average Bonchev–Trinajstić information content (AvgIpc) is 3.47. The zero-order valence-electron chi connectivity index (χ0n) is 24.8. The number of nitrogens with zero attached hydrogens (tertiary/aromatic N) is 7. The van der Waals surface area contributed by atoms with Gasteiger partial charge in [0.15, 0.2) is 11.6 Å². The number of hydrogen-bond donors (Lipinski definition) is 0. The molecule has 2 saturated heterocycles. The molecule has 2 unspecified atom stereocenters. The van der Waals surface area contributed by atoms with Gasteiger partial charge >= 0.3 is 6.01 Å². The first-order valence-corrected chi connectivity index (χ1v) is 14.8. The standard InChI is InChI=1S/C34H31F2N7O2/c1-4-22-8-5-9-23-10-6-12-26(28(22)23)30-29(36)31-27(18-38-30)32(40-34(39-31)45-20-25-11-7-15-41(25)3)42-16-17-43(33(44)21(2)35)24(19-42)13-14-37/h1,5-6,8-10,12,18,24-25H,2,7,11,13,15-17,19-20H2,3H3. The van der Waals surface area contributed by atoms with Gasteiger partial charge in [0.05, 0.1) is 23.9 Å². The second kappa shape index (κ2) is 12.5. The number of piperazine rings is 1. The van der Waals surface area contributed by atoms with Crippen LogP contribution in [0.3, 0.4) is 0 Å². The molecule has 0 aliphatic carbocycles. The van der Waals surface area contributed by atoms with Crippen molar-refractivity contribution in [1.82, 2.24) is 24.8 Å². The Bertz CT molecular complexity index is 1890. The number of ether oxygens (including phenoxy) is 1. The van der Waals surface area contributed by atoms with Crippen LogP contribution in [0.4, 0.5) is 14.6 Å². The first-order chi connectivity index (χ1) is 21.8. The summed E-state index contributed by atoms with van der Waals surface area (Å²) in [6.45, 7) is 4.93. The number of anilines is 1. The van der Waals surface area contributed by atoms with Crippen LogP contribution in [0.5, 0.6) is 6.01 Å². The third-order valence-electron chi connectivity index (χ3n) is 8.64. The number of halogens is 2. The van der Waals surface area contributed by atoms with E-state index in [1.165, 1.54) is 11.1 Å². The van der Waals surface area contributed by atoms with Gasteiger partial charge in [0, 0.05) is 48.4 Å². The Labute approximate surface area is 259 Å². The van der Waals surface area contributed by atoms with E-state index in [1.54, 1.807) is 12.1 Å². The number of aromatic nitrogens is 3. The van der Waals surface area contributed by atoms with E-state index in [1.807, 2.05) is 36.2 Å².